The fourth-order valence-corrected chi connectivity index (χ4v) is 4.13. The number of ketones is 1. The van der Waals surface area contributed by atoms with Crippen molar-refractivity contribution < 1.29 is 22.7 Å². The smallest absolute Gasteiger partial charge is 0.338 e. The summed E-state index contributed by atoms with van der Waals surface area (Å²) < 4.78 is 28.2. The summed E-state index contributed by atoms with van der Waals surface area (Å²) in [4.78, 5) is 24.8. The zero-order chi connectivity index (χ0) is 21.5. The number of ether oxygens (including phenoxy) is 1. The molecular formula is C23H19NO5S. The number of Topliss-reactive ketones (excluding diaryl/α,β-unsaturated/α-hetero) is 1. The van der Waals surface area contributed by atoms with Crippen LogP contribution in [0.5, 0.6) is 0 Å². The van der Waals surface area contributed by atoms with Crippen LogP contribution >= 0.6 is 0 Å². The number of benzene rings is 3. The Hall–Kier alpha value is -3.29. The molecule has 0 heterocycles. The molecule has 1 aliphatic carbocycles. The van der Waals surface area contributed by atoms with Crippen molar-refractivity contribution in [2.24, 2.45) is 5.14 Å². The fraction of sp³-hybridized carbons (Fsp3) is 0.130. The second-order valence-electron chi connectivity index (χ2n) is 7.23. The van der Waals surface area contributed by atoms with E-state index in [2.05, 4.69) is 6.07 Å². The van der Waals surface area contributed by atoms with Crippen molar-refractivity contribution in [2.45, 2.75) is 18.2 Å². The van der Waals surface area contributed by atoms with Crippen LogP contribution in [-0.4, -0.2) is 26.8 Å². The zero-order valence-corrected chi connectivity index (χ0v) is 17.0. The Morgan fingerprint density at radius 2 is 1.70 bits per heavy atom. The number of sulfonamides is 1. The van der Waals surface area contributed by atoms with Gasteiger partial charge in [-0.2, -0.15) is 0 Å². The maximum Gasteiger partial charge on any atom is 0.338 e. The molecule has 0 bridgehead atoms. The van der Waals surface area contributed by atoms with Gasteiger partial charge < -0.3 is 4.74 Å². The number of primary sulfonamides is 1. The number of carbonyl (C=O) groups excluding carboxylic acids is 2. The highest BCUT2D eigenvalue weighted by Gasteiger charge is 2.21. The molecule has 0 radical (unpaired) electrons. The van der Waals surface area contributed by atoms with Crippen LogP contribution in [0.25, 0.3) is 11.1 Å². The van der Waals surface area contributed by atoms with E-state index in [1.165, 1.54) is 17.7 Å². The minimum atomic E-state index is -3.95. The molecule has 0 fully saturated rings. The van der Waals surface area contributed by atoms with Gasteiger partial charge in [-0.05, 0) is 59.4 Å². The summed E-state index contributed by atoms with van der Waals surface area (Å²) >= 11 is 0. The minimum absolute atomic E-state index is 0.0530. The molecule has 0 unspecified atom stereocenters. The van der Waals surface area contributed by atoms with Crippen LogP contribution in [0.4, 0.5) is 0 Å². The molecule has 0 spiro atoms. The molecule has 0 aromatic heterocycles. The third-order valence-corrected chi connectivity index (χ3v) is 6.12. The first-order valence-electron chi connectivity index (χ1n) is 9.29. The maximum absolute atomic E-state index is 12.6. The van der Waals surface area contributed by atoms with E-state index in [0.29, 0.717) is 11.1 Å². The molecule has 0 aliphatic heterocycles. The Bertz CT molecular complexity index is 1290. The largest absolute Gasteiger partial charge is 0.454 e. The summed E-state index contributed by atoms with van der Waals surface area (Å²) in [6.07, 6.45) is 0.828. The molecule has 3 aromatic rings. The number of hydrogen-bond acceptors (Lipinski definition) is 5. The standard InChI is InChI=1S/C23H19NO5S/c1-14-6-9-18(30(24,27)28)12-20(14)23(26)29-13-22(25)17-8-7-16-10-15-4-2-3-5-19(15)21(16)11-17/h2-9,11-12H,10,13H2,1H3,(H2,24,27,28). The van der Waals surface area contributed by atoms with Gasteiger partial charge in [0.25, 0.3) is 0 Å². The van der Waals surface area contributed by atoms with Gasteiger partial charge in [0.1, 0.15) is 0 Å². The number of esters is 1. The lowest BCUT2D eigenvalue weighted by molar-refractivity contribution is 0.0473. The third kappa shape index (κ3) is 3.77. The van der Waals surface area contributed by atoms with Gasteiger partial charge in [0.15, 0.2) is 12.4 Å². The topological polar surface area (TPSA) is 104 Å². The van der Waals surface area contributed by atoms with Crippen molar-refractivity contribution in [3.8, 4) is 11.1 Å². The van der Waals surface area contributed by atoms with Crippen LogP contribution < -0.4 is 5.14 Å². The predicted molar refractivity (Wildman–Crippen MR) is 112 cm³/mol. The van der Waals surface area contributed by atoms with Crippen LogP contribution in [0.15, 0.2) is 65.6 Å². The van der Waals surface area contributed by atoms with Crippen LogP contribution in [0.1, 0.15) is 37.4 Å². The van der Waals surface area contributed by atoms with Crippen LogP contribution in [0.2, 0.25) is 0 Å². The molecule has 7 heteroatoms. The van der Waals surface area contributed by atoms with E-state index in [-0.39, 0.29) is 16.2 Å². The average Bonchev–Trinajstić information content (AvgIpc) is 3.09. The Labute approximate surface area is 174 Å². The first-order chi connectivity index (χ1) is 14.2. The Morgan fingerprint density at radius 1 is 0.967 bits per heavy atom. The van der Waals surface area contributed by atoms with E-state index in [4.69, 9.17) is 9.88 Å². The van der Waals surface area contributed by atoms with Crippen molar-refractivity contribution in [3.63, 3.8) is 0 Å². The van der Waals surface area contributed by atoms with Crippen molar-refractivity contribution >= 4 is 21.8 Å². The highest BCUT2D eigenvalue weighted by Crippen LogP contribution is 2.36. The van der Waals surface area contributed by atoms with Crippen molar-refractivity contribution in [3.05, 3.63) is 88.5 Å². The lowest BCUT2D eigenvalue weighted by Crippen LogP contribution is -2.17. The first-order valence-corrected chi connectivity index (χ1v) is 10.8. The van der Waals surface area contributed by atoms with E-state index < -0.39 is 22.6 Å². The number of aryl methyl sites for hydroxylation is 1. The molecule has 2 N–H and O–H groups in total. The summed E-state index contributed by atoms with van der Waals surface area (Å²) in [7, 11) is -3.95. The third-order valence-electron chi connectivity index (χ3n) is 5.21. The van der Waals surface area contributed by atoms with Gasteiger partial charge in [-0.1, -0.05) is 42.5 Å². The molecule has 4 rings (SSSR count). The van der Waals surface area contributed by atoms with E-state index in [0.717, 1.165) is 29.2 Å². The van der Waals surface area contributed by atoms with Crippen molar-refractivity contribution in [2.75, 3.05) is 6.61 Å². The quantitative estimate of drug-likeness (QED) is 0.393. The number of nitrogens with two attached hydrogens (primary N) is 1. The number of hydrogen-bond donors (Lipinski definition) is 1. The lowest BCUT2D eigenvalue weighted by Gasteiger charge is -2.09. The highest BCUT2D eigenvalue weighted by molar-refractivity contribution is 7.89. The monoisotopic (exact) mass is 421 g/mol. The van der Waals surface area contributed by atoms with E-state index in [9.17, 15) is 18.0 Å². The van der Waals surface area contributed by atoms with Crippen LogP contribution in [0, 0.1) is 6.92 Å². The molecule has 0 amide bonds. The van der Waals surface area contributed by atoms with Gasteiger partial charge in [-0.15, -0.1) is 0 Å². The van der Waals surface area contributed by atoms with Gasteiger partial charge in [0, 0.05) is 5.56 Å². The van der Waals surface area contributed by atoms with E-state index >= 15 is 0 Å². The lowest BCUT2D eigenvalue weighted by atomic mass is 10.0. The number of fused-ring (bicyclic) bond motifs is 3. The zero-order valence-electron chi connectivity index (χ0n) is 16.2. The highest BCUT2D eigenvalue weighted by atomic mass is 32.2. The van der Waals surface area contributed by atoms with E-state index in [1.54, 1.807) is 13.0 Å². The molecule has 3 aromatic carbocycles. The van der Waals surface area contributed by atoms with Gasteiger partial charge in [-0.25, -0.2) is 18.4 Å². The summed E-state index contributed by atoms with van der Waals surface area (Å²) in [5.74, 6) is -1.12. The second-order valence-corrected chi connectivity index (χ2v) is 8.79. The normalized spacial score (nSPS) is 12.2. The molecular weight excluding hydrogens is 402 g/mol. The van der Waals surface area contributed by atoms with Gasteiger partial charge in [-0.3, -0.25) is 4.79 Å². The van der Waals surface area contributed by atoms with Crippen molar-refractivity contribution in [1.82, 2.24) is 0 Å². The van der Waals surface area contributed by atoms with Gasteiger partial charge in [0.05, 0.1) is 10.5 Å². The SMILES string of the molecule is Cc1ccc(S(N)(=O)=O)cc1C(=O)OCC(=O)c1ccc2c(c1)-c1ccccc1C2. The second kappa shape index (κ2) is 7.51. The van der Waals surface area contributed by atoms with Gasteiger partial charge in [0.2, 0.25) is 10.0 Å². The van der Waals surface area contributed by atoms with Crippen LogP contribution in [-0.2, 0) is 21.2 Å². The number of carbonyl (C=O) groups is 2. The fourth-order valence-electron chi connectivity index (χ4n) is 3.59. The summed E-state index contributed by atoms with van der Waals surface area (Å²) in [6.45, 7) is 1.20. The summed E-state index contributed by atoms with van der Waals surface area (Å²) in [5.41, 5.74) is 5.52. The van der Waals surface area contributed by atoms with Crippen molar-refractivity contribution in [1.29, 1.82) is 0 Å². The molecule has 1 aliphatic rings. The summed E-state index contributed by atoms with van der Waals surface area (Å²) in [5, 5.41) is 5.12. The molecule has 0 saturated heterocycles. The summed E-state index contributed by atoms with van der Waals surface area (Å²) in [6, 6.07) is 17.5. The molecule has 0 atom stereocenters. The molecule has 152 valence electrons. The minimum Gasteiger partial charge on any atom is -0.454 e. The maximum atomic E-state index is 12.6. The van der Waals surface area contributed by atoms with E-state index in [1.807, 2.05) is 30.3 Å². The Morgan fingerprint density at radius 3 is 2.47 bits per heavy atom. The molecule has 0 saturated carbocycles. The van der Waals surface area contributed by atoms with Gasteiger partial charge >= 0.3 is 5.97 Å². The van der Waals surface area contributed by atoms with Crippen LogP contribution in [0.3, 0.4) is 0 Å². The Balaban J connectivity index is 1.51. The molecule has 30 heavy (non-hydrogen) atoms. The average molecular weight is 421 g/mol. The molecule has 6 nitrogen and oxygen atoms in total. The predicted octanol–water partition coefficient (Wildman–Crippen LogP) is 3.25. The first kappa shape index (κ1) is 20.0. The number of rotatable bonds is 5. The Kier molecular flexibility index (Phi) is 5.01.